The van der Waals surface area contributed by atoms with Gasteiger partial charge in [-0.25, -0.2) is 4.98 Å². The average molecular weight is 293 g/mol. The second kappa shape index (κ2) is 7.89. The van der Waals surface area contributed by atoms with E-state index in [1.54, 1.807) is 24.0 Å². The standard InChI is InChI=1S/C14H19N3O2S/c1-2-3-8-19-11-5-4-6-16-14(11)17-12(18)10-13-15-7-9-20-13/h4-6H,2-3,7-10H2,1H3,(H,16,17,18). The van der Waals surface area contributed by atoms with E-state index in [1.165, 1.54) is 0 Å². The lowest BCUT2D eigenvalue weighted by atomic mass is 10.3. The van der Waals surface area contributed by atoms with Gasteiger partial charge in [0.25, 0.3) is 0 Å². The highest BCUT2D eigenvalue weighted by molar-refractivity contribution is 8.14. The molecule has 5 nitrogen and oxygen atoms in total. The molecule has 0 saturated carbocycles. The average Bonchev–Trinajstić information content (AvgIpc) is 2.93. The van der Waals surface area contributed by atoms with E-state index >= 15 is 0 Å². The fraction of sp³-hybridized carbons (Fsp3) is 0.500. The number of amides is 1. The summed E-state index contributed by atoms with van der Waals surface area (Å²) in [5, 5.41) is 3.69. The zero-order chi connectivity index (χ0) is 14.2. The van der Waals surface area contributed by atoms with Crippen LogP contribution in [0.1, 0.15) is 26.2 Å². The van der Waals surface area contributed by atoms with E-state index < -0.39 is 0 Å². The normalized spacial score (nSPS) is 13.9. The number of rotatable bonds is 7. The third kappa shape index (κ3) is 4.52. The van der Waals surface area contributed by atoms with E-state index in [1.807, 2.05) is 6.07 Å². The summed E-state index contributed by atoms with van der Waals surface area (Å²) in [4.78, 5) is 20.4. The van der Waals surface area contributed by atoms with Gasteiger partial charge in [-0.3, -0.25) is 9.79 Å². The van der Waals surface area contributed by atoms with Crippen molar-refractivity contribution in [2.24, 2.45) is 4.99 Å². The van der Waals surface area contributed by atoms with Gasteiger partial charge in [-0.15, -0.1) is 11.8 Å². The van der Waals surface area contributed by atoms with Crippen LogP contribution in [0.5, 0.6) is 5.75 Å². The van der Waals surface area contributed by atoms with Gasteiger partial charge in [0.15, 0.2) is 11.6 Å². The predicted octanol–water partition coefficient (Wildman–Crippen LogP) is 2.73. The molecule has 0 atom stereocenters. The minimum absolute atomic E-state index is 0.0998. The van der Waals surface area contributed by atoms with Gasteiger partial charge in [0, 0.05) is 18.5 Å². The van der Waals surface area contributed by atoms with Crippen LogP contribution in [0.3, 0.4) is 0 Å². The summed E-state index contributed by atoms with van der Waals surface area (Å²) in [7, 11) is 0. The van der Waals surface area contributed by atoms with Crippen LogP contribution in [0.2, 0.25) is 0 Å². The summed E-state index contributed by atoms with van der Waals surface area (Å²) >= 11 is 1.64. The van der Waals surface area contributed by atoms with Gasteiger partial charge in [0.2, 0.25) is 5.91 Å². The number of nitrogens with one attached hydrogen (secondary N) is 1. The first-order chi connectivity index (χ1) is 9.79. The van der Waals surface area contributed by atoms with Crippen LogP contribution in [-0.4, -0.2) is 34.8 Å². The quantitative estimate of drug-likeness (QED) is 0.785. The Morgan fingerprint density at radius 2 is 2.45 bits per heavy atom. The summed E-state index contributed by atoms with van der Waals surface area (Å²) in [6.07, 6.45) is 4.01. The maximum atomic E-state index is 11.9. The van der Waals surface area contributed by atoms with Gasteiger partial charge in [-0.2, -0.15) is 0 Å². The first-order valence-corrected chi connectivity index (χ1v) is 7.82. The monoisotopic (exact) mass is 293 g/mol. The molecule has 0 saturated heterocycles. The predicted molar refractivity (Wildman–Crippen MR) is 82.6 cm³/mol. The molecule has 2 heterocycles. The van der Waals surface area contributed by atoms with E-state index in [0.717, 1.165) is 30.2 Å². The summed E-state index contributed by atoms with van der Waals surface area (Å²) in [6.45, 7) is 3.55. The molecule has 0 aromatic carbocycles. The molecule has 1 aromatic heterocycles. The SMILES string of the molecule is CCCCOc1cccnc1NC(=O)CC1=NCCS1. The molecule has 1 aliphatic rings. The fourth-order valence-electron chi connectivity index (χ4n) is 1.73. The fourth-order valence-corrected chi connectivity index (χ4v) is 2.56. The molecule has 1 aromatic rings. The van der Waals surface area contributed by atoms with Crippen molar-refractivity contribution in [1.29, 1.82) is 0 Å². The Morgan fingerprint density at radius 3 is 3.20 bits per heavy atom. The number of aromatic nitrogens is 1. The van der Waals surface area contributed by atoms with Gasteiger partial charge >= 0.3 is 0 Å². The van der Waals surface area contributed by atoms with Gasteiger partial charge in [0.1, 0.15) is 0 Å². The minimum atomic E-state index is -0.0998. The van der Waals surface area contributed by atoms with Crippen LogP contribution >= 0.6 is 11.8 Å². The summed E-state index contributed by atoms with van der Waals surface area (Å²) in [5.41, 5.74) is 0. The van der Waals surface area contributed by atoms with E-state index in [2.05, 4.69) is 22.2 Å². The van der Waals surface area contributed by atoms with Crippen LogP contribution in [-0.2, 0) is 4.79 Å². The Hall–Kier alpha value is -1.56. The molecule has 0 spiro atoms. The van der Waals surface area contributed by atoms with Crippen molar-refractivity contribution < 1.29 is 9.53 Å². The van der Waals surface area contributed by atoms with Gasteiger partial charge in [-0.1, -0.05) is 13.3 Å². The minimum Gasteiger partial charge on any atom is -0.490 e. The largest absolute Gasteiger partial charge is 0.490 e. The molecular formula is C14H19N3O2S. The Bertz CT molecular complexity index is 491. The van der Waals surface area contributed by atoms with Crippen molar-refractivity contribution >= 4 is 28.5 Å². The Kier molecular flexibility index (Phi) is 5.86. The number of hydrogen-bond acceptors (Lipinski definition) is 5. The smallest absolute Gasteiger partial charge is 0.232 e. The second-order valence-electron chi connectivity index (χ2n) is 4.40. The van der Waals surface area contributed by atoms with E-state index in [9.17, 15) is 4.79 Å². The molecule has 1 N–H and O–H groups in total. The molecule has 1 aliphatic heterocycles. The molecule has 6 heteroatoms. The van der Waals surface area contributed by atoms with Crippen molar-refractivity contribution in [3.8, 4) is 5.75 Å². The molecule has 20 heavy (non-hydrogen) atoms. The second-order valence-corrected chi connectivity index (χ2v) is 5.57. The van der Waals surface area contributed by atoms with Gasteiger partial charge < -0.3 is 10.1 Å². The lowest BCUT2D eigenvalue weighted by molar-refractivity contribution is -0.115. The number of aliphatic imine (C=N–C) groups is 1. The number of pyridine rings is 1. The number of ether oxygens (including phenoxy) is 1. The first-order valence-electron chi connectivity index (χ1n) is 6.83. The topological polar surface area (TPSA) is 63.6 Å². The molecule has 1 amide bonds. The number of anilines is 1. The Balaban J connectivity index is 1.92. The third-order valence-electron chi connectivity index (χ3n) is 2.74. The van der Waals surface area contributed by atoms with Crippen molar-refractivity contribution in [2.45, 2.75) is 26.2 Å². The summed E-state index contributed by atoms with van der Waals surface area (Å²) in [6, 6.07) is 3.62. The molecule has 0 bridgehead atoms. The Labute approximate surface area is 123 Å². The molecule has 0 unspecified atom stereocenters. The van der Waals surface area contributed by atoms with E-state index in [0.29, 0.717) is 24.6 Å². The molecular weight excluding hydrogens is 274 g/mol. The number of unbranched alkanes of at least 4 members (excludes halogenated alkanes) is 1. The number of carbonyl (C=O) groups excluding carboxylic acids is 1. The number of nitrogens with zero attached hydrogens (tertiary/aromatic N) is 2. The lowest BCUT2D eigenvalue weighted by Gasteiger charge is -2.11. The molecule has 108 valence electrons. The maximum absolute atomic E-state index is 11.9. The highest BCUT2D eigenvalue weighted by atomic mass is 32.2. The van der Waals surface area contributed by atoms with Gasteiger partial charge in [0.05, 0.1) is 18.1 Å². The van der Waals surface area contributed by atoms with Crippen LogP contribution in [0.25, 0.3) is 0 Å². The van der Waals surface area contributed by atoms with Crippen molar-refractivity contribution in [2.75, 3.05) is 24.2 Å². The molecule has 0 fully saturated rings. The first kappa shape index (κ1) is 14.8. The zero-order valence-corrected chi connectivity index (χ0v) is 12.4. The highest BCUT2D eigenvalue weighted by Gasteiger charge is 2.14. The van der Waals surface area contributed by atoms with E-state index in [4.69, 9.17) is 4.74 Å². The van der Waals surface area contributed by atoms with Crippen LogP contribution in [0.15, 0.2) is 23.3 Å². The van der Waals surface area contributed by atoms with Crippen LogP contribution < -0.4 is 10.1 Å². The lowest BCUT2D eigenvalue weighted by Crippen LogP contribution is -2.16. The summed E-state index contributed by atoms with van der Waals surface area (Å²) in [5.74, 6) is 1.97. The zero-order valence-electron chi connectivity index (χ0n) is 11.6. The van der Waals surface area contributed by atoms with Crippen LogP contribution in [0, 0.1) is 0 Å². The number of carbonyl (C=O) groups is 1. The third-order valence-corrected chi connectivity index (χ3v) is 3.74. The van der Waals surface area contributed by atoms with Crippen molar-refractivity contribution in [1.82, 2.24) is 4.98 Å². The molecule has 0 aliphatic carbocycles. The van der Waals surface area contributed by atoms with Crippen molar-refractivity contribution in [3.63, 3.8) is 0 Å². The molecule has 2 rings (SSSR count). The van der Waals surface area contributed by atoms with Gasteiger partial charge in [-0.05, 0) is 18.6 Å². The van der Waals surface area contributed by atoms with E-state index in [-0.39, 0.29) is 5.91 Å². The van der Waals surface area contributed by atoms with Crippen molar-refractivity contribution in [3.05, 3.63) is 18.3 Å². The molecule has 0 radical (unpaired) electrons. The maximum Gasteiger partial charge on any atom is 0.232 e. The Morgan fingerprint density at radius 1 is 1.55 bits per heavy atom. The number of hydrogen-bond donors (Lipinski definition) is 1. The van der Waals surface area contributed by atoms with Crippen LogP contribution in [0.4, 0.5) is 5.82 Å². The number of thioether (sulfide) groups is 1. The summed E-state index contributed by atoms with van der Waals surface area (Å²) < 4.78 is 5.64. The highest BCUT2D eigenvalue weighted by Crippen LogP contribution is 2.22.